The number of amides is 2. The van der Waals surface area contributed by atoms with Gasteiger partial charge < -0.3 is 20.6 Å². The molecule has 2 aromatic heterocycles. The summed E-state index contributed by atoms with van der Waals surface area (Å²) in [5.41, 5.74) is 3.02. The van der Waals surface area contributed by atoms with Crippen molar-refractivity contribution in [3.05, 3.63) is 47.0 Å². The molecule has 6 heteroatoms. The first kappa shape index (κ1) is 15.9. The lowest BCUT2D eigenvalue weighted by atomic mass is 10.1. The van der Waals surface area contributed by atoms with Crippen molar-refractivity contribution >= 4 is 11.8 Å². The van der Waals surface area contributed by atoms with Crippen LogP contribution in [0.15, 0.2) is 24.8 Å². The van der Waals surface area contributed by atoms with Crippen molar-refractivity contribution in [3.8, 4) is 0 Å². The van der Waals surface area contributed by atoms with E-state index in [2.05, 4.69) is 20.6 Å². The largest absolute Gasteiger partial charge is 0.367 e. The highest BCUT2D eigenvalue weighted by atomic mass is 16.2. The third-order valence-corrected chi connectivity index (χ3v) is 3.86. The molecule has 0 fully saturated rings. The number of aromatic amines is 2. The fourth-order valence-electron chi connectivity index (χ4n) is 2.19. The molecule has 4 N–H and O–H groups in total. The summed E-state index contributed by atoms with van der Waals surface area (Å²) in [6, 6.07) is -0.380. The number of carbonyl (C=O) groups is 2. The van der Waals surface area contributed by atoms with E-state index in [1.807, 2.05) is 27.7 Å². The zero-order chi connectivity index (χ0) is 16.3. The molecular formula is C16H22N4O2. The first-order valence-electron chi connectivity index (χ1n) is 7.28. The number of H-pyrrole nitrogens is 2. The van der Waals surface area contributed by atoms with Crippen molar-refractivity contribution in [1.82, 2.24) is 20.6 Å². The highest BCUT2D eigenvalue weighted by Gasteiger charge is 2.20. The van der Waals surface area contributed by atoms with Gasteiger partial charge in [-0.3, -0.25) is 9.59 Å². The minimum absolute atomic E-state index is 0.148. The number of rotatable bonds is 5. The lowest BCUT2D eigenvalue weighted by Crippen LogP contribution is -2.48. The van der Waals surface area contributed by atoms with Gasteiger partial charge in [0.1, 0.15) is 0 Å². The third kappa shape index (κ3) is 3.39. The Morgan fingerprint density at radius 3 is 1.45 bits per heavy atom. The molecule has 2 heterocycles. The number of nitrogens with one attached hydrogen (secondary N) is 4. The Bertz CT molecular complexity index is 613. The van der Waals surface area contributed by atoms with Crippen LogP contribution in [0.3, 0.4) is 0 Å². The first-order valence-corrected chi connectivity index (χ1v) is 7.28. The van der Waals surface area contributed by atoms with Crippen molar-refractivity contribution in [2.24, 2.45) is 0 Å². The van der Waals surface area contributed by atoms with Crippen LogP contribution in [0.5, 0.6) is 0 Å². The second-order valence-corrected chi connectivity index (χ2v) is 5.63. The number of carbonyl (C=O) groups excluding carboxylic acids is 2. The van der Waals surface area contributed by atoms with Gasteiger partial charge in [-0.2, -0.15) is 0 Å². The summed E-state index contributed by atoms with van der Waals surface area (Å²) in [6.45, 7) is 7.48. The summed E-state index contributed by atoms with van der Waals surface area (Å²) < 4.78 is 0. The quantitative estimate of drug-likeness (QED) is 0.679. The summed E-state index contributed by atoms with van der Waals surface area (Å²) in [4.78, 5) is 30.1. The molecule has 2 atom stereocenters. The Kier molecular flexibility index (Phi) is 4.70. The van der Waals surface area contributed by atoms with Gasteiger partial charge in [-0.1, -0.05) is 0 Å². The third-order valence-electron chi connectivity index (χ3n) is 3.86. The van der Waals surface area contributed by atoms with Gasteiger partial charge in [0.05, 0.1) is 11.1 Å². The van der Waals surface area contributed by atoms with Gasteiger partial charge >= 0.3 is 0 Å². The van der Waals surface area contributed by atoms with Crippen molar-refractivity contribution in [3.63, 3.8) is 0 Å². The zero-order valence-corrected chi connectivity index (χ0v) is 13.3. The molecule has 0 aliphatic rings. The van der Waals surface area contributed by atoms with Crippen molar-refractivity contribution in [2.45, 2.75) is 39.8 Å². The van der Waals surface area contributed by atoms with Crippen LogP contribution in [0.4, 0.5) is 0 Å². The fourth-order valence-corrected chi connectivity index (χ4v) is 2.19. The molecule has 2 amide bonds. The van der Waals surface area contributed by atoms with Crippen LogP contribution in [-0.2, 0) is 0 Å². The summed E-state index contributed by atoms with van der Waals surface area (Å²) in [7, 11) is 0. The van der Waals surface area contributed by atoms with Gasteiger partial charge in [0.2, 0.25) is 0 Å². The molecular weight excluding hydrogens is 280 g/mol. The fraction of sp³-hybridized carbons (Fsp3) is 0.375. The van der Waals surface area contributed by atoms with Crippen LogP contribution in [-0.4, -0.2) is 33.9 Å². The maximum absolute atomic E-state index is 12.2. The average molecular weight is 302 g/mol. The molecule has 0 aliphatic heterocycles. The van der Waals surface area contributed by atoms with Gasteiger partial charge in [0.25, 0.3) is 11.8 Å². The summed E-state index contributed by atoms with van der Waals surface area (Å²) in [5.74, 6) is -0.296. The van der Waals surface area contributed by atoms with E-state index in [9.17, 15) is 9.59 Å². The molecule has 22 heavy (non-hydrogen) atoms. The van der Waals surface area contributed by atoms with Crippen LogP contribution in [0.25, 0.3) is 0 Å². The Morgan fingerprint density at radius 2 is 1.18 bits per heavy atom. The van der Waals surface area contributed by atoms with Crippen LogP contribution >= 0.6 is 0 Å². The second kappa shape index (κ2) is 6.51. The molecule has 0 spiro atoms. The Hall–Kier alpha value is -2.50. The topological polar surface area (TPSA) is 89.8 Å². The van der Waals surface area contributed by atoms with E-state index in [0.717, 1.165) is 11.1 Å². The van der Waals surface area contributed by atoms with E-state index < -0.39 is 0 Å². The number of aryl methyl sites for hydroxylation is 2. The summed E-state index contributed by atoms with van der Waals surface area (Å²) in [5, 5.41) is 5.81. The molecule has 0 saturated carbocycles. The lowest BCUT2D eigenvalue weighted by Gasteiger charge is -2.22. The summed E-state index contributed by atoms with van der Waals surface area (Å²) >= 11 is 0. The van der Waals surface area contributed by atoms with Gasteiger partial charge in [0, 0.05) is 36.9 Å². The van der Waals surface area contributed by atoms with E-state index in [1.165, 1.54) is 0 Å². The lowest BCUT2D eigenvalue weighted by molar-refractivity contribution is 0.0891. The van der Waals surface area contributed by atoms with E-state index in [1.54, 1.807) is 24.8 Å². The van der Waals surface area contributed by atoms with Crippen LogP contribution in [0, 0.1) is 13.8 Å². The van der Waals surface area contributed by atoms with Crippen molar-refractivity contribution in [1.29, 1.82) is 0 Å². The SMILES string of the molecule is Cc1c[nH]cc1C(=O)NC(C)C(C)NC(=O)c1c[nH]cc1C. The van der Waals surface area contributed by atoms with Crippen LogP contribution in [0.2, 0.25) is 0 Å². The maximum atomic E-state index is 12.2. The second-order valence-electron chi connectivity index (χ2n) is 5.63. The maximum Gasteiger partial charge on any atom is 0.253 e. The normalized spacial score (nSPS) is 13.5. The molecule has 2 aromatic rings. The predicted molar refractivity (Wildman–Crippen MR) is 84.9 cm³/mol. The van der Waals surface area contributed by atoms with Crippen molar-refractivity contribution in [2.75, 3.05) is 0 Å². The van der Waals surface area contributed by atoms with Gasteiger partial charge in [-0.15, -0.1) is 0 Å². The Balaban J connectivity index is 1.94. The predicted octanol–water partition coefficient (Wildman–Crippen LogP) is 1.90. The van der Waals surface area contributed by atoms with Crippen molar-refractivity contribution < 1.29 is 9.59 Å². The molecule has 0 aromatic carbocycles. The van der Waals surface area contributed by atoms with Gasteiger partial charge in [0.15, 0.2) is 0 Å². The molecule has 2 unspecified atom stereocenters. The first-order chi connectivity index (χ1) is 10.4. The van der Waals surface area contributed by atoms with Gasteiger partial charge in [-0.05, 0) is 38.8 Å². The van der Waals surface area contributed by atoms with E-state index in [4.69, 9.17) is 0 Å². The van der Waals surface area contributed by atoms with Crippen LogP contribution < -0.4 is 10.6 Å². The van der Waals surface area contributed by atoms with E-state index in [-0.39, 0.29) is 23.9 Å². The molecule has 0 bridgehead atoms. The summed E-state index contributed by atoms with van der Waals surface area (Å²) in [6.07, 6.45) is 6.90. The van der Waals surface area contributed by atoms with Crippen LogP contribution in [0.1, 0.15) is 45.7 Å². The Labute approximate surface area is 129 Å². The molecule has 6 nitrogen and oxygen atoms in total. The standard InChI is InChI=1S/C16H22N4O2/c1-9-5-17-7-13(9)15(21)19-11(3)12(4)20-16(22)14-8-18-6-10(14)2/h5-8,11-12,17-18H,1-4H3,(H,19,21)(H,20,22). The highest BCUT2D eigenvalue weighted by Crippen LogP contribution is 2.08. The Morgan fingerprint density at radius 1 is 0.818 bits per heavy atom. The number of hydrogen-bond acceptors (Lipinski definition) is 2. The van der Waals surface area contributed by atoms with E-state index in [0.29, 0.717) is 11.1 Å². The van der Waals surface area contributed by atoms with Gasteiger partial charge in [-0.25, -0.2) is 0 Å². The molecule has 118 valence electrons. The zero-order valence-electron chi connectivity index (χ0n) is 13.3. The monoisotopic (exact) mass is 302 g/mol. The number of hydrogen-bond donors (Lipinski definition) is 4. The smallest absolute Gasteiger partial charge is 0.253 e. The minimum atomic E-state index is -0.190. The molecule has 0 radical (unpaired) electrons. The highest BCUT2D eigenvalue weighted by molar-refractivity contribution is 5.96. The molecule has 0 aliphatic carbocycles. The minimum Gasteiger partial charge on any atom is -0.367 e. The van der Waals surface area contributed by atoms with E-state index >= 15 is 0 Å². The average Bonchev–Trinajstić information content (AvgIpc) is 3.06. The molecule has 2 rings (SSSR count). The molecule has 0 saturated heterocycles. The number of aromatic nitrogens is 2.